The maximum atomic E-state index is 13.4. The fourth-order valence-electron chi connectivity index (χ4n) is 1.37. The topological polar surface area (TPSA) is 67.4 Å². The first kappa shape index (κ1) is 18.1. The molecule has 19 heavy (non-hydrogen) atoms. The first-order valence-corrected chi connectivity index (χ1v) is 6.97. The van der Waals surface area contributed by atoms with Crippen molar-refractivity contribution in [1.82, 2.24) is 10.0 Å². The SMILES string of the molecule is CNCCCNS(=O)(=O)c1ccc(OC)c(F)c1.Cl. The Balaban J connectivity index is 0.00000324. The van der Waals surface area contributed by atoms with E-state index >= 15 is 0 Å². The van der Waals surface area contributed by atoms with Crippen molar-refractivity contribution in [3.8, 4) is 5.75 Å². The summed E-state index contributed by atoms with van der Waals surface area (Å²) in [6.45, 7) is 1.01. The van der Waals surface area contributed by atoms with Gasteiger partial charge >= 0.3 is 0 Å². The molecule has 0 heterocycles. The van der Waals surface area contributed by atoms with Crippen molar-refractivity contribution in [1.29, 1.82) is 0 Å². The zero-order valence-electron chi connectivity index (χ0n) is 10.8. The van der Waals surface area contributed by atoms with E-state index in [1.807, 2.05) is 0 Å². The van der Waals surface area contributed by atoms with Crippen LogP contribution in [-0.4, -0.2) is 35.7 Å². The Labute approximate surface area is 119 Å². The normalized spacial score (nSPS) is 10.9. The van der Waals surface area contributed by atoms with Gasteiger partial charge in [-0.3, -0.25) is 0 Å². The summed E-state index contributed by atoms with van der Waals surface area (Å²) < 4.78 is 44.1. The molecule has 0 aliphatic rings. The summed E-state index contributed by atoms with van der Waals surface area (Å²) in [5, 5.41) is 2.91. The minimum absolute atomic E-state index is 0. The van der Waals surface area contributed by atoms with E-state index < -0.39 is 15.8 Å². The second-order valence-electron chi connectivity index (χ2n) is 3.65. The number of sulfonamides is 1. The average Bonchev–Trinajstić information content (AvgIpc) is 2.34. The molecule has 0 bridgehead atoms. The molecular formula is C11H18ClFN2O3S. The average molecular weight is 313 g/mol. The Morgan fingerprint density at radius 3 is 2.53 bits per heavy atom. The molecule has 2 N–H and O–H groups in total. The van der Waals surface area contributed by atoms with Gasteiger partial charge in [-0.1, -0.05) is 0 Å². The van der Waals surface area contributed by atoms with Crippen LogP contribution in [0.4, 0.5) is 4.39 Å². The summed E-state index contributed by atoms with van der Waals surface area (Å²) in [5.74, 6) is -0.681. The summed E-state index contributed by atoms with van der Waals surface area (Å²) in [6, 6.07) is 3.54. The summed E-state index contributed by atoms with van der Waals surface area (Å²) in [6.07, 6.45) is 0.661. The standard InChI is InChI=1S/C11H17FN2O3S.ClH/c1-13-6-3-7-14-18(15,16)9-4-5-11(17-2)10(12)8-9;/h4-5,8,13-14H,3,6-7H2,1-2H3;1H. The highest BCUT2D eigenvalue weighted by Gasteiger charge is 2.15. The van der Waals surface area contributed by atoms with Gasteiger partial charge in [-0.2, -0.15) is 0 Å². The van der Waals surface area contributed by atoms with Crippen molar-refractivity contribution in [2.75, 3.05) is 27.2 Å². The molecule has 0 fully saturated rings. The Kier molecular flexibility index (Phi) is 7.93. The van der Waals surface area contributed by atoms with E-state index in [9.17, 15) is 12.8 Å². The minimum Gasteiger partial charge on any atom is -0.494 e. The van der Waals surface area contributed by atoms with Crippen molar-refractivity contribution in [3.05, 3.63) is 24.0 Å². The van der Waals surface area contributed by atoms with Crippen LogP contribution in [-0.2, 0) is 10.0 Å². The fourth-order valence-corrected chi connectivity index (χ4v) is 2.45. The number of nitrogens with one attached hydrogen (secondary N) is 2. The number of hydrogen-bond acceptors (Lipinski definition) is 4. The van der Waals surface area contributed by atoms with E-state index in [0.29, 0.717) is 19.5 Å². The smallest absolute Gasteiger partial charge is 0.240 e. The molecule has 0 spiro atoms. The predicted octanol–water partition coefficient (Wildman–Crippen LogP) is 1.14. The molecule has 0 amide bonds. The van der Waals surface area contributed by atoms with Gasteiger partial charge in [-0.05, 0) is 38.2 Å². The molecule has 5 nitrogen and oxygen atoms in total. The van der Waals surface area contributed by atoms with Crippen LogP contribution < -0.4 is 14.8 Å². The van der Waals surface area contributed by atoms with Crippen molar-refractivity contribution in [2.45, 2.75) is 11.3 Å². The Morgan fingerprint density at radius 2 is 2.00 bits per heavy atom. The second-order valence-corrected chi connectivity index (χ2v) is 5.42. The number of benzene rings is 1. The van der Waals surface area contributed by atoms with Crippen LogP contribution in [0.2, 0.25) is 0 Å². The van der Waals surface area contributed by atoms with Gasteiger partial charge in [-0.25, -0.2) is 17.5 Å². The molecule has 1 rings (SSSR count). The Bertz CT molecular complexity index is 497. The quantitative estimate of drug-likeness (QED) is 0.741. The molecule has 0 aromatic heterocycles. The fraction of sp³-hybridized carbons (Fsp3) is 0.455. The van der Waals surface area contributed by atoms with Gasteiger partial charge in [0, 0.05) is 6.54 Å². The number of ether oxygens (including phenoxy) is 1. The molecule has 0 saturated heterocycles. The zero-order chi connectivity index (χ0) is 13.6. The highest BCUT2D eigenvalue weighted by atomic mass is 35.5. The summed E-state index contributed by atoms with van der Waals surface area (Å²) in [4.78, 5) is -0.106. The maximum absolute atomic E-state index is 13.4. The van der Waals surface area contributed by atoms with Gasteiger partial charge in [0.25, 0.3) is 0 Å². The highest BCUT2D eigenvalue weighted by molar-refractivity contribution is 7.89. The van der Waals surface area contributed by atoms with Gasteiger partial charge < -0.3 is 10.1 Å². The molecular weight excluding hydrogens is 295 g/mol. The molecule has 110 valence electrons. The third-order valence-corrected chi connectivity index (χ3v) is 3.79. The number of halogens is 2. The molecule has 0 atom stereocenters. The lowest BCUT2D eigenvalue weighted by Crippen LogP contribution is -2.26. The lowest BCUT2D eigenvalue weighted by atomic mass is 10.3. The summed E-state index contributed by atoms with van der Waals surface area (Å²) >= 11 is 0. The van der Waals surface area contributed by atoms with Gasteiger partial charge in [0.15, 0.2) is 11.6 Å². The summed E-state index contributed by atoms with van der Waals surface area (Å²) in [5.41, 5.74) is 0. The molecule has 0 aliphatic carbocycles. The minimum atomic E-state index is -3.66. The summed E-state index contributed by atoms with van der Waals surface area (Å²) in [7, 11) is -0.554. The molecule has 0 unspecified atom stereocenters. The van der Waals surface area contributed by atoms with E-state index in [4.69, 9.17) is 4.74 Å². The molecule has 0 aliphatic heterocycles. The number of hydrogen-bond donors (Lipinski definition) is 2. The Morgan fingerprint density at radius 1 is 1.32 bits per heavy atom. The maximum Gasteiger partial charge on any atom is 0.240 e. The first-order valence-electron chi connectivity index (χ1n) is 5.49. The first-order chi connectivity index (χ1) is 8.51. The zero-order valence-corrected chi connectivity index (χ0v) is 12.4. The lowest BCUT2D eigenvalue weighted by Gasteiger charge is -2.08. The third-order valence-electron chi connectivity index (χ3n) is 2.33. The monoisotopic (exact) mass is 312 g/mol. The van der Waals surface area contributed by atoms with Crippen molar-refractivity contribution < 1.29 is 17.5 Å². The molecule has 8 heteroatoms. The van der Waals surface area contributed by atoms with Crippen molar-refractivity contribution in [3.63, 3.8) is 0 Å². The molecule has 0 saturated carbocycles. The molecule has 1 aromatic carbocycles. The van der Waals surface area contributed by atoms with Crippen LogP contribution in [0.25, 0.3) is 0 Å². The van der Waals surface area contributed by atoms with E-state index in [1.54, 1.807) is 7.05 Å². The van der Waals surface area contributed by atoms with Gasteiger partial charge in [-0.15, -0.1) is 12.4 Å². The van der Waals surface area contributed by atoms with Crippen molar-refractivity contribution in [2.24, 2.45) is 0 Å². The van der Waals surface area contributed by atoms with Crippen LogP contribution in [0.15, 0.2) is 23.1 Å². The lowest BCUT2D eigenvalue weighted by molar-refractivity contribution is 0.385. The van der Waals surface area contributed by atoms with Crippen molar-refractivity contribution >= 4 is 22.4 Å². The van der Waals surface area contributed by atoms with Crippen LogP contribution in [0.3, 0.4) is 0 Å². The molecule has 0 radical (unpaired) electrons. The van der Waals surface area contributed by atoms with Crippen LogP contribution in [0, 0.1) is 5.82 Å². The molecule has 1 aromatic rings. The van der Waals surface area contributed by atoms with Gasteiger partial charge in [0.1, 0.15) is 0 Å². The van der Waals surface area contributed by atoms with E-state index in [-0.39, 0.29) is 23.1 Å². The Hall–Kier alpha value is -0.890. The van der Waals surface area contributed by atoms with Crippen LogP contribution >= 0.6 is 12.4 Å². The van der Waals surface area contributed by atoms with E-state index in [1.165, 1.54) is 19.2 Å². The second kappa shape index (κ2) is 8.31. The predicted molar refractivity (Wildman–Crippen MR) is 73.9 cm³/mol. The van der Waals surface area contributed by atoms with E-state index in [0.717, 1.165) is 6.07 Å². The number of rotatable bonds is 7. The van der Waals surface area contributed by atoms with Gasteiger partial charge in [0.2, 0.25) is 10.0 Å². The van der Waals surface area contributed by atoms with E-state index in [2.05, 4.69) is 10.0 Å². The largest absolute Gasteiger partial charge is 0.494 e. The number of methoxy groups -OCH3 is 1. The van der Waals surface area contributed by atoms with Crippen LogP contribution in [0.1, 0.15) is 6.42 Å². The van der Waals surface area contributed by atoms with Gasteiger partial charge in [0.05, 0.1) is 12.0 Å². The third kappa shape index (κ3) is 5.32. The van der Waals surface area contributed by atoms with Crippen LogP contribution in [0.5, 0.6) is 5.75 Å². The highest BCUT2D eigenvalue weighted by Crippen LogP contribution is 2.20.